The highest BCUT2D eigenvalue weighted by atomic mass is 35.5. The third-order valence-electron chi connectivity index (χ3n) is 3.94. The largest absolute Gasteiger partial charge is 0.375 e. The van der Waals surface area contributed by atoms with Gasteiger partial charge in [0.25, 0.3) is 0 Å². The van der Waals surface area contributed by atoms with Crippen LogP contribution in [0.5, 0.6) is 0 Å². The van der Waals surface area contributed by atoms with Crippen molar-refractivity contribution in [2.75, 3.05) is 11.9 Å². The van der Waals surface area contributed by atoms with E-state index in [4.69, 9.17) is 11.6 Å². The molecule has 0 fully saturated rings. The summed E-state index contributed by atoms with van der Waals surface area (Å²) in [5.74, 6) is -0.610. The van der Waals surface area contributed by atoms with Gasteiger partial charge in [0.1, 0.15) is 5.82 Å². The van der Waals surface area contributed by atoms with Crippen LogP contribution in [0.1, 0.15) is 17.2 Å². The van der Waals surface area contributed by atoms with Crippen molar-refractivity contribution in [2.24, 2.45) is 0 Å². The van der Waals surface area contributed by atoms with E-state index in [9.17, 15) is 9.18 Å². The maximum absolute atomic E-state index is 13.1. The maximum Gasteiger partial charge on any atom is 0.240 e. The van der Waals surface area contributed by atoms with Gasteiger partial charge in [0.15, 0.2) is 0 Å². The first-order valence-corrected chi connectivity index (χ1v) is 8.59. The summed E-state index contributed by atoms with van der Waals surface area (Å²) in [6, 6.07) is 23.3. The van der Waals surface area contributed by atoms with Gasteiger partial charge in [-0.2, -0.15) is 0 Å². The average Bonchev–Trinajstić information content (AvgIpc) is 2.67. The van der Waals surface area contributed by atoms with Gasteiger partial charge in [0, 0.05) is 0 Å². The number of carbonyl (C=O) groups excluding carboxylic acids is 1. The van der Waals surface area contributed by atoms with E-state index in [1.54, 1.807) is 0 Å². The van der Waals surface area contributed by atoms with Gasteiger partial charge in [-0.15, -0.1) is 0 Å². The van der Waals surface area contributed by atoms with Gasteiger partial charge in [0.05, 0.1) is 23.3 Å². The van der Waals surface area contributed by atoms with Crippen LogP contribution in [0.15, 0.2) is 78.9 Å². The molecule has 2 N–H and O–H groups in total. The molecule has 26 heavy (non-hydrogen) atoms. The van der Waals surface area contributed by atoms with Crippen LogP contribution < -0.4 is 10.6 Å². The molecular formula is C21H18ClFN2O. The van der Waals surface area contributed by atoms with Crippen molar-refractivity contribution in [1.82, 2.24) is 5.32 Å². The molecule has 0 aliphatic carbocycles. The third-order valence-corrected chi connectivity index (χ3v) is 4.25. The molecule has 3 aromatic carbocycles. The average molecular weight is 369 g/mol. The fraction of sp³-hybridized carbons (Fsp3) is 0.0952. The van der Waals surface area contributed by atoms with Crippen LogP contribution >= 0.6 is 11.6 Å². The van der Waals surface area contributed by atoms with Crippen molar-refractivity contribution in [3.8, 4) is 0 Å². The van der Waals surface area contributed by atoms with Crippen molar-refractivity contribution in [3.63, 3.8) is 0 Å². The molecule has 3 rings (SSSR count). The zero-order valence-corrected chi connectivity index (χ0v) is 14.7. The minimum absolute atomic E-state index is 0.0293. The minimum atomic E-state index is -0.418. The number of amides is 1. The van der Waals surface area contributed by atoms with Crippen molar-refractivity contribution in [3.05, 3.63) is 101 Å². The minimum Gasteiger partial charge on any atom is -0.375 e. The highest BCUT2D eigenvalue weighted by molar-refractivity contribution is 6.33. The Labute approximate surface area is 156 Å². The first kappa shape index (κ1) is 18.0. The number of rotatable bonds is 6. The maximum atomic E-state index is 13.1. The SMILES string of the molecule is O=C(CNc1ccc(F)cc1Cl)NC(c1ccccc1)c1ccccc1. The quantitative estimate of drug-likeness (QED) is 0.656. The lowest BCUT2D eigenvalue weighted by molar-refractivity contribution is -0.119. The van der Waals surface area contributed by atoms with Crippen LogP contribution in [0.3, 0.4) is 0 Å². The van der Waals surface area contributed by atoms with E-state index in [0.29, 0.717) is 5.69 Å². The smallest absolute Gasteiger partial charge is 0.240 e. The Bertz CT molecular complexity index is 832. The molecule has 0 unspecified atom stereocenters. The Balaban J connectivity index is 1.71. The zero-order chi connectivity index (χ0) is 18.4. The molecule has 3 nitrogen and oxygen atoms in total. The van der Waals surface area contributed by atoms with Crippen LogP contribution in [-0.4, -0.2) is 12.5 Å². The monoisotopic (exact) mass is 368 g/mol. The number of nitrogens with one attached hydrogen (secondary N) is 2. The molecule has 0 aromatic heterocycles. The Morgan fingerprint density at radius 1 is 0.923 bits per heavy atom. The van der Waals surface area contributed by atoms with Crippen molar-refractivity contribution < 1.29 is 9.18 Å². The lowest BCUT2D eigenvalue weighted by Gasteiger charge is -2.20. The Hall–Kier alpha value is -2.85. The molecule has 132 valence electrons. The Morgan fingerprint density at radius 3 is 2.04 bits per heavy atom. The van der Waals surface area contributed by atoms with E-state index in [-0.39, 0.29) is 23.5 Å². The van der Waals surface area contributed by atoms with E-state index in [2.05, 4.69) is 10.6 Å². The van der Waals surface area contributed by atoms with Gasteiger partial charge in [-0.3, -0.25) is 4.79 Å². The second-order valence-electron chi connectivity index (χ2n) is 5.80. The first-order valence-electron chi connectivity index (χ1n) is 8.21. The standard InChI is InChI=1S/C21H18ClFN2O/c22-18-13-17(23)11-12-19(18)24-14-20(26)25-21(15-7-3-1-4-8-15)16-9-5-2-6-10-16/h1-13,21,24H,14H2,(H,25,26). The summed E-state index contributed by atoms with van der Waals surface area (Å²) in [4.78, 5) is 12.5. The number of hydrogen-bond donors (Lipinski definition) is 2. The summed E-state index contributed by atoms with van der Waals surface area (Å²) in [6.07, 6.45) is 0. The number of benzene rings is 3. The Morgan fingerprint density at radius 2 is 1.50 bits per heavy atom. The molecule has 0 aliphatic heterocycles. The summed E-state index contributed by atoms with van der Waals surface area (Å²) in [7, 11) is 0. The van der Waals surface area contributed by atoms with E-state index >= 15 is 0 Å². The van der Waals surface area contributed by atoms with Crippen LogP contribution in [0.25, 0.3) is 0 Å². The molecule has 1 amide bonds. The zero-order valence-electron chi connectivity index (χ0n) is 14.0. The van der Waals surface area contributed by atoms with E-state index in [1.807, 2.05) is 60.7 Å². The second kappa shape index (κ2) is 8.50. The summed E-state index contributed by atoms with van der Waals surface area (Å²) in [5.41, 5.74) is 2.50. The van der Waals surface area contributed by atoms with Crippen molar-refractivity contribution in [2.45, 2.75) is 6.04 Å². The van der Waals surface area contributed by atoms with Crippen molar-refractivity contribution >= 4 is 23.2 Å². The van der Waals surface area contributed by atoms with Gasteiger partial charge in [-0.25, -0.2) is 4.39 Å². The van der Waals surface area contributed by atoms with Gasteiger partial charge < -0.3 is 10.6 Å². The van der Waals surface area contributed by atoms with E-state index in [1.165, 1.54) is 18.2 Å². The summed E-state index contributed by atoms with van der Waals surface area (Å²) >= 11 is 5.98. The summed E-state index contributed by atoms with van der Waals surface area (Å²) < 4.78 is 13.1. The number of carbonyl (C=O) groups is 1. The molecule has 0 spiro atoms. The molecular weight excluding hydrogens is 351 g/mol. The van der Waals surface area contributed by atoms with Gasteiger partial charge in [-0.05, 0) is 29.3 Å². The van der Waals surface area contributed by atoms with Crippen LogP contribution in [0.4, 0.5) is 10.1 Å². The van der Waals surface area contributed by atoms with E-state index < -0.39 is 5.82 Å². The molecule has 0 heterocycles. The summed E-state index contributed by atoms with van der Waals surface area (Å²) in [6.45, 7) is 0.0293. The molecule has 0 atom stereocenters. The third kappa shape index (κ3) is 4.61. The highest BCUT2D eigenvalue weighted by Gasteiger charge is 2.16. The molecule has 0 radical (unpaired) electrons. The lowest BCUT2D eigenvalue weighted by Crippen LogP contribution is -2.34. The van der Waals surface area contributed by atoms with Crippen LogP contribution in [-0.2, 0) is 4.79 Å². The first-order chi connectivity index (χ1) is 12.6. The lowest BCUT2D eigenvalue weighted by atomic mass is 9.99. The van der Waals surface area contributed by atoms with E-state index in [0.717, 1.165) is 11.1 Å². The van der Waals surface area contributed by atoms with Gasteiger partial charge in [0.2, 0.25) is 5.91 Å². The molecule has 0 bridgehead atoms. The second-order valence-corrected chi connectivity index (χ2v) is 6.21. The van der Waals surface area contributed by atoms with Crippen LogP contribution in [0, 0.1) is 5.82 Å². The number of anilines is 1. The number of halogens is 2. The van der Waals surface area contributed by atoms with Crippen LogP contribution in [0.2, 0.25) is 5.02 Å². The molecule has 0 aliphatic rings. The fourth-order valence-corrected chi connectivity index (χ4v) is 2.90. The van der Waals surface area contributed by atoms with Gasteiger partial charge in [-0.1, -0.05) is 72.3 Å². The number of hydrogen-bond acceptors (Lipinski definition) is 2. The predicted octanol–water partition coefficient (Wildman–Crippen LogP) is 4.80. The highest BCUT2D eigenvalue weighted by Crippen LogP contribution is 2.23. The topological polar surface area (TPSA) is 41.1 Å². The Kier molecular flexibility index (Phi) is 5.87. The van der Waals surface area contributed by atoms with Crippen molar-refractivity contribution in [1.29, 1.82) is 0 Å². The molecule has 0 saturated heterocycles. The summed E-state index contributed by atoms with van der Waals surface area (Å²) in [5, 5.41) is 6.21. The predicted molar refractivity (Wildman–Crippen MR) is 103 cm³/mol. The molecule has 5 heteroatoms. The van der Waals surface area contributed by atoms with Gasteiger partial charge >= 0.3 is 0 Å². The molecule has 3 aromatic rings. The molecule has 0 saturated carbocycles. The normalized spacial score (nSPS) is 10.6. The fourth-order valence-electron chi connectivity index (χ4n) is 2.67.